The van der Waals surface area contributed by atoms with Crippen molar-refractivity contribution in [1.29, 1.82) is 0 Å². The molecule has 0 saturated carbocycles. The molecule has 0 bridgehead atoms. The predicted octanol–water partition coefficient (Wildman–Crippen LogP) is 1.60. The topological polar surface area (TPSA) is 80.5 Å². The van der Waals surface area contributed by atoms with Gasteiger partial charge in [-0.15, -0.1) is 0 Å². The van der Waals surface area contributed by atoms with Crippen LogP contribution >= 0.6 is 0 Å². The van der Waals surface area contributed by atoms with E-state index in [-0.39, 0.29) is 5.95 Å². The van der Waals surface area contributed by atoms with Crippen LogP contribution in [0.1, 0.15) is 0 Å². The summed E-state index contributed by atoms with van der Waals surface area (Å²) in [4.78, 5) is 8.01. The molecule has 3 rings (SSSR count). The zero-order valence-corrected chi connectivity index (χ0v) is 8.38. The minimum Gasteiger partial charge on any atom is -0.368 e. The van der Waals surface area contributed by atoms with Crippen molar-refractivity contribution in [3.63, 3.8) is 0 Å². The highest BCUT2D eigenvalue weighted by atomic mass is 15.1. The standard InChI is InChI=1S/C11H9N5/c12-11-13-6-5-9(14-11)10-7-3-1-2-4-8(7)15-16-10/h1-6H,(H,15,16)(H2,12,13,14). The number of H-pyrrole nitrogens is 1. The average Bonchev–Trinajstić information content (AvgIpc) is 2.72. The lowest BCUT2D eigenvalue weighted by Gasteiger charge is -1.97. The van der Waals surface area contributed by atoms with Gasteiger partial charge in [0.1, 0.15) is 5.69 Å². The lowest BCUT2D eigenvalue weighted by Crippen LogP contribution is -1.95. The number of anilines is 1. The number of hydrogen-bond acceptors (Lipinski definition) is 4. The Hall–Kier alpha value is -2.43. The lowest BCUT2D eigenvalue weighted by molar-refractivity contribution is 1.10. The third kappa shape index (κ3) is 1.30. The molecule has 16 heavy (non-hydrogen) atoms. The molecule has 0 aliphatic rings. The van der Waals surface area contributed by atoms with E-state index in [4.69, 9.17) is 5.73 Å². The molecule has 0 spiro atoms. The molecule has 3 N–H and O–H groups in total. The van der Waals surface area contributed by atoms with E-state index in [0.717, 1.165) is 22.3 Å². The second-order valence-corrected chi connectivity index (χ2v) is 3.42. The van der Waals surface area contributed by atoms with Crippen LogP contribution in [0, 0.1) is 0 Å². The van der Waals surface area contributed by atoms with Gasteiger partial charge >= 0.3 is 0 Å². The quantitative estimate of drug-likeness (QED) is 0.640. The molecule has 0 aliphatic heterocycles. The van der Waals surface area contributed by atoms with Crippen LogP contribution in [0.3, 0.4) is 0 Å². The maximum atomic E-state index is 5.55. The molecule has 0 fully saturated rings. The monoisotopic (exact) mass is 211 g/mol. The van der Waals surface area contributed by atoms with Crippen LogP contribution in [0.25, 0.3) is 22.3 Å². The number of benzene rings is 1. The Morgan fingerprint density at radius 1 is 1.12 bits per heavy atom. The minimum atomic E-state index is 0.254. The molecule has 78 valence electrons. The second kappa shape index (κ2) is 3.30. The summed E-state index contributed by atoms with van der Waals surface area (Å²) in [6.45, 7) is 0. The van der Waals surface area contributed by atoms with Crippen LogP contribution in [-0.4, -0.2) is 20.2 Å². The van der Waals surface area contributed by atoms with Crippen molar-refractivity contribution >= 4 is 16.9 Å². The fourth-order valence-electron chi connectivity index (χ4n) is 1.66. The SMILES string of the molecule is Nc1nccc(-c2n[nH]c3ccccc23)n1. The number of hydrogen-bond donors (Lipinski definition) is 2. The van der Waals surface area contributed by atoms with E-state index in [1.807, 2.05) is 24.3 Å². The number of aromatic nitrogens is 4. The minimum absolute atomic E-state index is 0.254. The molecule has 5 heteroatoms. The molecule has 2 heterocycles. The highest BCUT2D eigenvalue weighted by Crippen LogP contribution is 2.24. The van der Waals surface area contributed by atoms with E-state index in [0.29, 0.717) is 0 Å². The van der Waals surface area contributed by atoms with Crippen molar-refractivity contribution in [3.8, 4) is 11.4 Å². The number of nitrogen functional groups attached to an aromatic ring is 1. The Kier molecular flexibility index (Phi) is 1.83. The smallest absolute Gasteiger partial charge is 0.220 e. The Morgan fingerprint density at radius 3 is 2.88 bits per heavy atom. The summed E-state index contributed by atoms with van der Waals surface area (Å²) in [5.74, 6) is 0.254. The Morgan fingerprint density at radius 2 is 2.00 bits per heavy atom. The van der Waals surface area contributed by atoms with Gasteiger partial charge < -0.3 is 5.73 Å². The van der Waals surface area contributed by atoms with Crippen LogP contribution in [0.4, 0.5) is 5.95 Å². The molecule has 0 radical (unpaired) electrons. The van der Waals surface area contributed by atoms with Crippen molar-refractivity contribution < 1.29 is 0 Å². The van der Waals surface area contributed by atoms with Gasteiger partial charge in [0.15, 0.2) is 0 Å². The van der Waals surface area contributed by atoms with Gasteiger partial charge in [-0.25, -0.2) is 9.97 Å². The van der Waals surface area contributed by atoms with E-state index in [9.17, 15) is 0 Å². The van der Waals surface area contributed by atoms with Crippen LogP contribution in [0.5, 0.6) is 0 Å². The lowest BCUT2D eigenvalue weighted by atomic mass is 10.2. The number of aromatic amines is 1. The Balaban J connectivity index is 2.26. The summed E-state index contributed by atoms with van der Waals surface area (Å²) < 4.78 is 0. The van der Waals surface area contributed by atoms with Crippen molar-refractivity contribution in [2.24, 2.45) is 0 Å². The zero-order valence-electron chi connectivity index (χ0n) is 8.38. The molecule has 2 aromatic heterocycles. The third-order valence-electron chi connectivity index (χ3n) is 2.39. The molecule has 3 aromatic rings. The van der Waals surface area contributed by atoms with E-state index in [1.165, 1.54) is 0 Å². The summed E-state index contributed by atoms with van der Waals surface area (Å²) in [7, 11) is 0. The van der Waals surface area contributed by atoms with E-state index in [1.54, 1.807) is 12.3 Å². The van der Waals surface area contributed by atoms with E-state index >= 15 is 0 Å². The van der Waals surface area contributed by atoms with Gasteiger partial charge in [-0.1, -0.05) is 18.2 Å². The van der Waals surface area contributed by atoms with Crippen LogP contribution in [0.2, 0.25) is 0 Å². The van der Waals surface area contributed by atoms with Gasteiger partial charge in [0.05, 0.1) is 11.2 Å². The maximum Gasteiger partial charge on any atom is 0.220 e. The average molecular weight is 211 g/mol. The van der Waals surface area contributed by atoms with Gasteiger partial charge in [-0.05, 0) is 12.1 Å². The van der Waals surface area contributed by atoms with Crippen molar-refractivity contribution in [3.05, 3.63) is 36.5 Å². The molecule has 0 amide bonds. The van der Waals surface area contributed by atoms with Crippen LogP contribution in [0.15, 0.2) is 36.5 Å². The molecule has 1 aromatic carbocycles. The molecule has 5 nitrogen and oxygen atoms in total. The summed E-state index contributed by atoms with van der Waals surface area (Å²) in [6.07, 6.45) is 1.63. The number of fused-ring (bicyclic) bond motifs is 1. The van der Waals surface area contributed by atoms with Gasteiger partial charge in [0.25, 0.3) is 0 Å². The summed E-state index contributed by atoms with van der Waals surface area (Å²) in [5, 5.41) is 8.22. The van der Waals surface area contributed by atoms with Gasteiger partial charge in [0.2, 0.25) is 5.95 Å². The van der Waals surface area contributed by atoms with E-state index < -0.39 is 0 Å². The molecular formula is C11H9N5. The second-order valence-electron chi connectivity index (χ2n) is 3.42. The molecule has 0 unspecified atom stereocenters. The maximum absolute atomic E-state index is 5.55. The van der Waals surface area contributed by atoms with Gasteiger partial charge in [-0.2, -0.15) is 5.10 Å². The molecular weight excluding hydrogens is 202 g/mol. The largest absolute Gasteiger partial charge is 0.368 e. The number of para-hydroxylation sites is 1. The summed E-state index contributed by atoms with van der Waals surface area (Å²) in [6, 6.07) is 9.67. The number of nitrogens with one attached hydrogen (secondary N) is 1. The fraction of sp³-hybridized carbons (Fsp3) is 0. The normalized spacial score (nSPS) is 10.8. The molecule has 0 atom stereocenters. The number of nitrogens with two attached hydrogens (primary N) is 1. The highest BCUT2D eigenvalue weighted by molar-refractivity contribution is 5.91. The fourth-order valence-corrected chi connectivity index (χ4v) is 1.66. The first-order valence-electron chi connectivity index (χ1n) is 4.86. The van der Waals surface area contributed by atoms with Crippen molar-refractivity contribution in [2.75, 3.05) is 5.73 Å². The Bertz CT molecular complexity index is 643. The first-order valence-corrected chi connectivity index (χ1v) is 4.86. The first-order chi connectivity index (χ1) is 7.84. The zero-order chi connectivity index (χ0) is 11.0. The van der Waals surface area contributed by atoms with Crippen molar-refractivity contribution in [1.82, 2.24) is 20.2 Å². The predicted molar refractivity (Wildman–Crippen MR) is 61.5 cm³/mol. The summed E-state index contributed by atoms with van der Waals surface area (Å²) in [5.41, 5.74) is 8.05. The van der Waals surface area contributed by atoms with Gasteiger partial charge in [-0.3, -0.25) is 5.10 Å². The molecule has 0 saturated heterocycles. The van der Waals surface area contributed by atoms with Gasteiger partial charge in [0, 0.05) is 11.6 Å². The van der Waals surface area contributed by atoms with E-state index in [2.05, 4.69) is 20.2 Å². The first kappa shape index (κ1) is 8.84. The molecule has 0 aliphatic carbocycles. The Labute approximate surface area is 91.3 Å². The van der Waals surface area contributed by atoms with Crippen LogP contribution < -0.4 is 5.73 Å². The highest BCUT2D eigenvalue weighted by Gasteiger charge is 2.08. The van der Waals surface area contributed by atoms with Crippen LogP contribution in [-0.2, 0) is 0 Å². The number of rotatable bonds is 1. The third-order valence-corrected chi connectivity index (χ3v) is 2.39. The number of nitrogens with zero attached hydrogens (tertiary/aromatic N) is 3. The van der Waals surface area contributed by atoms with Crippen molar-refractivity contribution in [2.45, 2.75) is 0 Å². The summed E-state index contributed by atoms with van der Waals surface area (Å²) >= 11 is 0.